The molecule has 0 aromatic carbocycles. The third kappa shape index (κ3) is 1.40. The normalized spacial score (nSPS) is 16.4. The number of aromatic nitrogens is 1. The SMILES string of the molecule is N#CC1CN(C(=O)c2cscn2)C1. The van der Waals surface area contributed by atoms with Crippen LogP contribution in [0.1, 0.15) is 10.5 Å². The van der Waals surface area contributed by atoms with E-state index in [1.165, 1.54) is 11.3 Å². The first-order chi connectivity index (χ1) is 6.31. The van der Waals surface area contributed by atoms with Gasteiger partial charge in [-0.05, 0) is 0 Å². The first kappa shape index (κ1) is 8.20. The van der Waals surface area contributed by atoms with Crippen LogP contribution in [-0.2, 0) is 0 Å². The average molecular weight is 193 g/mol. The summed E-state index contributed by atoms with van der Waals surface area (Å²) in [6, 6.07) is 2.12. The highest BCUT2D eigenvalue weighted by atomic mass is 32.1. The van der Waals surface area contributed by atoms with E-state index >= 15 is 0 Å². The summed E-state index contributed by atoms with van der Waals surface area (Å²) in [6.07, 6.45) is 0. The van der Waals surface area contributed by atoms with Gasteiger partial charge in [0, 0.05) is 18.5 Å². The smallest absolute Gasteiger partial charge is 0.273 e. The Labute approximate surface area is 79.4 Å². The highest BCUT2D eigenvalue weighted by Gasteiger charge is 2.31. The van der Waals surface area contributed by atoms with Gasteiger partial charge in [0.2, 0.25) is 0 Å². The second kappa shape index (κ2) is 3.15. The molecule has 13 heavy (non-hydrogen) atoms. The molecule has 0 N–H and O–H groups in total. The van der Waals surface area contributed by atoms with Gasteiger partial charge in [0.25, 0.3) is 5.91 Å². The maximum atomic E-state index is 11.5. The van der Waals surface area contributed by atoms with E-state index in [-0.39, 0.29) is 11.8 Å². The average Bonchev–Trinajstić information content (AvgIpc) is 2.53. The van der Waals surface area contributed by atoms with Crippen LogP contribution >= 0.6 is 11.3 Å². The number of likely N-dealkylation sites (tertiary alicyclic amines) is 1. The van der Waals surface area contributed by atoms with E-state index in [2.05, 4.69) is 11.1 Å². The zero-order valence-electron chi connectivity index (χ0n) is 6.80. The first-order valence-electron chi connectivity index (χ1n) is 3.88. The fraction of sp³-hybridized carbons (Fsp3) is 0.375. The van der Waals surface area contributed by atoms with Crippen molar-refractivity contribution in [2.45, 2.75) is 0 Å². The Balaban J connectivity index is 1.99. The summed E-state index contributed by atoms with van der Waals surface area (Å²) < 4.78 is 0. The lowest BCUT2D eigenvalue weighted by Crippen LogP contribution is -2.49. The minimum Gasteiger partial charge on any atom is -0.335 e. The summed E-state index contributed by atoms with van der Waals surface area (Å²) in [4.78, 5) is 17.1. The molecule has 0 saturated carbocycles. The Morgan fingerprint density at radius 1 is 1.77 bits per heavy atom. The molecule has 2 heterocycles. The standard InChI is InChI=1S/C8H7N3OS/c9-1-6-2-11(3-6)8(12)7-4-13-5-10-7/h4-6H,2-3H2. The van der Waals surface area contributed by atoms with Gasteiger partial charge in [-0.1, -0.05) is 0 Å². The molecule has 66 valence electrons. The Morgan fingerprint density at radius 3 is 3.08 bits per heavy atom. The molecule has 1 aliphatic rings. The number of rotatable bonds is 1. The van der Waals surface area contributed by atoms with E-state index in [1.54, 1.807) is 15.8 Å². The number of hydrogen-bond acceptors (Lipinski definition) is 4. The number of nitrogens with zero attached hydrogens (tertiary/aromatic N) is 3. The predicted molar refractivity (Wildman–Crippen MR) is 47.1 cm³/mol. The quantitative estimate of drug-likeness (QED) is 0.661. The largest absolute Gasteiger partial charge is 0.335 e. The monoisotopic (exact) mass is 193 g/mol. The zero-order valence-corrected chi connectivity index (χ0v) is 7.62. The van der Waals surface area contributed by atoms with Crippen molar-refractivity contribution in [2.75, 3.05) is 13.1 Å². The topological polar surface area (TPSA) is 57.0 Å². The van der Waals surface area contributed by atoms with Crippen LogP contribution in [0.3, 0.4) is 0 Å². The van der Waals surface area contributed by atoms with E-state index in [9.17, 15) is 4.79 Å². The fourth-order valence-corrected chi connectivity index (χ4v) is 1.73. The van der Waals surface area contributed by atoms with Crippen molar-refractivity contribution < 1.29 is 4.79 Å². The highest BCUT2D eigenvalue weighted by Crippen LogP contribution is 2.17. The predicted octanol–water partition coefficient (Wildman–Crippen LogP) is 0.739. The number of nitriles is 1. The van der Waals surface area contributed by atoms with Crippen LogP contribution in [0.2, 0.25) is 0 Å². The van der Waals surface area contributed by atoms with E-state index in [4.69, 9.17) is 5.26 Å². The molecule has 5 heteroatoms. The molecule has 1 aromatic heterocycles. The van der Waals surface area contributed by atoms with E-state index in [0.717, 1.165) is 0 Å². The maximum absolute atomic E-state index is 11.5. The number of thiazole rings is 1. The van der Waals surface area contributed by atoms with Crippen LogP contribution < -0.4 is 0 Å². The van der Waals surface area contributed by atoms with Crippen LogP contribution in [0.4, 0.5) is 0 Å². The van der Waals surface area contributed by atoms with Crippen LogP contribution in [0.15, 0.2) is 10.9 Å². The van der Waals surface area contributed by atoms with Crippen molar-refractivity contribution in [3.8, 4) is 6.07 Å². The molecule has 0 aliphatic carbocycles. The molecule has 0 spiro atoms. The molecule has 4 nitrogen and oxygen atoms in total. The highest BCUT2D eigenvalue weighted by molar-refractivity contribution is 7.07. The van der Waals surface area contributed by atoms with Gasteiger partial charge in [-0.2, -0.15) is 5.26 Å². The Morgan fingerprint density at radius 2 is 2.54 bits per heavy atom. The van der Waals surface area contributed by atoms with Crippen LogP contribution in [0.5, 0.6) is 0 Å². The van der Waals surface area contributed by atoms with E-state index in [1.807, 2.05) is 0 Å². The summed E-state index contributed by atoms with van der Waals surface area (Å²) in [6.45, 7) is 1.10. The molecule has 1 saturated heterocycles. The van der Waals surface area contributed by atoms with Crippen LogP contribution in [0.25, 0.3) is 0 Å². The van der Waals surface area contributed by atoms with Crippen molar-refractivity contribution in [2.24, 2.45) is 5.92 Å². The summed E-state index contributed by atoms with van der Waals surface area (Å²) >= 11 is 1.40. The molecule has 1 amide bonds. The van der Waals surface area contributed by atoms with Crippen LogP contribution in [-0.4, -0.2) is 28.9 Å². The van der Waals surface area contributed by atoms with Gasteiger partial charge in [0.15, 0.2) is 0 Å². The number of hydrogen-bond donors (Lipinski definition) is 0. The van der Waals surface area contributed by atoms with E-state index < -0.39 is 0 Å². The minimum atomic E-state index is -0.0623. The van der Waals surface area contributed by atoms with Crippen molar-refractivity contribution in [1.82, 2.24) is 9.88 Å². The molecule has 2 rings (SSSR count). The van der Waals surface area contributed by atoms with Crippen molar-refractivity contribution in [1.29, 1.82) is 5.26 Å². The Kier molecular flexibility index (Phi) is 1.99. The molecule has 1 aliphatic heterocycles. The number of carbonyl (C=O) groups excluding carboxylic acids is 1. The molecule has 1 fully saturated rings. The van der Waals surface area contributed by atoms with Crippen molar-refractivity contribution in [3.63, 3.8) is 0 Å². The molecule has 0 radical (unpaired) electrons. The third-order valence-electron chi connectivity index (χ3n) is 2.00. The molecular weight excluding hydrogens is 186 g/mol. The molecular formula is C8H7N3OS. The second-order valence-corrected chi connectivity index (χ2v) is 3.63. The fourth-order valence-electron chi connectivity index (χ4n) is 1.21. The first-order valence-corrected chi connectivity index (χ1v) is 4.82. The Bertz CT molecular complexity index is 348. The summed E-state index contributed by atoms with van der Waals surface area (Å²) in [5.74, 6) is -0.0460. The van der Waals surface area contributed by atoms with Gasteiger partial charge in [-0.25, -0.2) is 4.98 Å². The van der Waals surface area contributed by atoms with E-state index in [0.29, 0.717) is 18.8 Å². The van der Waals surface area contributed by atoms with Gasteiger partial charge in [0.1, 0.15) is 5.69 Å². The molecule has 0 unspecified atom stereocenters. The van der Waals surface area contributed by atoms with Crippen molar-refractivity contribution in [3.05, 3.63) is 16.6 Å². The van der Waals surface area contributed by atoms with Gasteiger partial charge in [0.05, 0.1) is 17.5 Å². The van der Waals surface area contributed by atoms with Gasteiger partial charge < -0.3 is 4.90 Å². The lowest BCUT2D eigenvalue weighted by atomic mass is 10.0. The maximum Gasteiger partial charge on any atom is 0.273 e. The number of carbonyl (C=O) groups is 1. The van der Waals surface area contributed by atoms with Gasteiger partial charge in [-0.15, -0.1) is 11.3 Å². The molecule has 0 atom stereocenters. The zero-order chi connectivity index (χ0) is 9.26. The molecule has 1 aromatic rings. The summed E-state index contributed by atoms with van der Waals surface area (Å²) in [5.41, 5.74) is 2.12. The second-order valence-electron chi connectivity index (χ2n) is 2.91. The summed E-state index contributed by atoms with van der Waals surface area (Å²) in [5, 5.41) is 10.2. The van der Waals surface area contributed by atoms with Crippen LogP contribution in [0, 0.1) is 17.2 Å². The van der Waals surface area contributed by atoms with Gasteiger partial charge in [-0.3, -0.25) is 4.79 Å². The van der Waals surface area contributed by atoms with Gasteiger partial charge >= 0.3 is 0 Å². The minimum absolute atomic E-state index is 0.0163. The van der Waals surface area contributed by atoms with Crippen molar-refractivity contribution >= 4 is 17.2 Å². The summed E-state index contributed by atoms with van der Waals surface area (Å²) in [7, 11) is 0. The lowest BCUT2D eigenvalue weighted by molar-refractivity contribution is 0.0572. The Hall–Kier alpha value is -1.41. The number of amides is 1. The third-order valence-corrected chi connectivity index (χ3v) is 2.59. The molecule has 0 bridgehead atoms. The lowest BCUT2D eigenvalue weighted by Gasteiger charge is -2.34.